The number of nitro groups is 1. The van der Waals surface area contributed by atoms with E-state index in [2.05, 4.69) is 5.32 Å². The zero-order valence-corrected chi connectivity index (χ0v) is 53.1. The van der Waals surface area contributed by atoms with Gasteiger partial charge in [-0.2, -0.15) is 0 Å². The molecule has 6 heterocycles. The van der Waals surface area contributed by atoms with Crippen LogP contribution in [0.15, 0.2) is 24.3 Å². The van der Waals surface area contributed by atoms with Crippen molar-refractivity contribution in [2.75, 3.05) is 46.2 Å². The molecule has 556 valence electrons. The van der Waals surface area contributed by atoms with Crippen LogP contribution in [0, 0.1) is 16.0 Å². The SMILES string of the molecule is CC(=O)NC1[C@H](O[C@@H]2C(O)[C@@H](O[C@H]3C(CO)O[C@@H](O[C@@H]4C(CO)O[C@@H](OCCCCCCC(=O)CCCCC(=O)Oc5ccc([N+](=O)[O-])cc5)C(O)[C@H]4O)C(O)[C@H]3O)OC(CO)[C@@H]2O)OC(CO)[C@H](O)[C@@H]1O[C@@H]1OC(CO)[C@H](O)[C@H](O[C@@H]2C[C@@H](O)[C@@H](C)C([C@H](O)[C@H](O)CO)O2)C1O. The lowest BCUT2D eigenvalue weighted by Crippen LogP contribution is -2.70. The zero-order chi connectivity index (χ0) is 71.1. The van der Waals surface area contributed by atoms with Crippen LogP contribution in [0.25, 0.3) is 0 Å². The number of esters is 1. The maximum Gasteiger partial charge on any atom is 0.311 e. The van der Waals surface area contributed by atoms with Gasteiger partial charge < -0.3 is 159 Å². The predicted molar refractivity (Wildman–Crippen MR) is 314 cm³/mol. The monoisotopic (exact) mass is 1410 g/mol. The molecule has 7 rings (SSSR count). The second kappa shape index (κ2) is 37.8. The van der Waals surface area contributed by atoms with Crippen LogP contribution in [-0.2, 0) is 71.2 Å². The number of unbranched alkanes of at least 4 members (excludes halogenated alkanes) is 4. The van der Waals surface area contributed by atoms with Gasteiger partial charge in [-0.15, -0.1) is 0 Å². The van der Waals surface area contributed by atoms with E-state index in [1.165, 1.54) is 31.2 Å². The second-order valence-electron chi connectivity index (χ2n) is 24.7. The van der Waals surface area contributed by atoms with Crippen LogP contribution in [-0.4, -0.2) is 345 Å². The fourth-order valence-corrected chi connectivity index (χ4v) is 12.2. The summed E-state index contributed by atoms with van der Waals surface area (Å²) in [5, 5.41) is 210. The Kier molecular flexibility index (Phi) is 31.3. The van der Waals surface area contributed by atoms with Crippen molar-refractivity contribution in [3.63, 3.8) is 0 Å². The number of aliphatic hydroxyl groups is 18. The first-order chi connectivity index (χ1) is 46.2. The third-order valence-corrected chi connectivity index (χ3v) is 17.8. The quantitative estimate of drug-likeness (QED) is 0.0100. The summed E-state index contributed by atoms with van der Waals surface area (Å²) in [6, 6.07) is 3.25. The van der Waals surface area contributed by atoms with Crippen LogP contribution < -0.4 is 10.1 Å². The van der Waals surface area contributed by atoms with Crippen LogP contribution in [0.4, 0.5) is 5.69 Å². The molecule has 19 N–H and O–H groups in total. The topological polar surface area (TPSA) is 591 Å². The van der Waals surface area contributed by atoms with Crippen molar-refractivity contribution in [3.05, 3.63) is 34.4 Å². The molecule has 0 aromatic heterocycles. The highest BCUT2D eigenvalue weighted by Gasteiger charge is 2.58. The number of nitrogens with one attached hydrogen (secondary N) is 1. The summed E-state index contributed by atoms with van der Waals surface area (Å²) in [4.78, 5) is 47.7. The Morgan fingerprint density at radius 3 is 1.51 bits per heavy atom. The molecule has 1 aromatic carbocycles. The molecule has 6 saturated heterocycles. The fraction of sp³-hybridized carbons (Fsp3) is 0.847. The van der Waals surface area contributed by atoms with E-state index in [9.17, 15) is 116 Å². The summed E-state index contributed by atoms with van der Waals surface area (Å²) in [5.41, 5.74) is -0.148. The van der Waals surface area contributed by atoms with E-state index in [0.29, 0.717) is 44.9 Å². The third-order valence-electron chi connectivity index (χ3n) is 17.8. The molecular weight excluding hydrogens is 1310 g/mol. The van der Waals surface area contributed by atoms with Crippen LogP contribution in [0.2, 0.25) is 0 Å². The number of non-ortho nitro benzene ring substituents is 1. The molecular formula is C59H94N2O36. The Balaban J connectivity index is 0.921. The number of Topliss-reactive ketones (excluding diaryl/α,β-unsaturated/α-hetero) is 1. The zero-order valence-electron chi connectivity index (χ0n) is 53.1. The fourth-order valence-electron chi connectivity index (χ4n) is 12.2. The molecule has 0 radical (unpaired) electrons. The van der Waals surface area contributed by atoms with Gasteiger partial charge in [-0.05, 0) is 37.8 Å². The highest BCUT2D eigenvalue weighted by molar-refractivity contribution is 5.78. The normalized spacial score (nSPS) is 40.2. The minimum absolute atomic E-state index is 0.000558. The standard InChI is InChI=1S/C59H94N2O36/c1-24-29(70)17-37(92-49(24)39(73)30(71)18-62)93-53-41(75)32(20-64)89-59(47(53)81)96-52-38(60-25(2)68)55(87-31(19-63)40(52)74)97-54-42(76)33(21-65)88-58(48(54)82)95-51-35(23-67)91-57(46(80)44(51)78)94-50-34(22-66)90-56(45(79)43(50)77)85-16-8-4-3-5-9-27(69)10-6-7-11-36(72)86-28-14-12-26(13-15-28)61(83)84/h12-15,24,29-35,37-59,62-67,70-71,73-82H,3-11,16-23H2,1-2H3,(H,60,68)/t24-,29-,30-,31?,32?,33?,34?,35?,37-,38?,39-,40+,41+,42+,43-,44-,45?,46?,47?,48?,49?,50-,51+,52-,53+,54+,55+,56-,57+,58-,59+/m1/s1. The number of nitrogens with zero attached hydrogens (tertiary/aromatic N) is 1. The average Bonchev–Trinajstić information content (AvgIpc) is 0.781. The van der Waals surface area contributed by atoms with Crippen molar-refractivity contribution < 1.29 is 173 Å². The predicted octanol–water partition coefficient (Wildman–Crippen LogP) is -8.31. The van der Waals surface area contributed by atoms with Crippen LogP contribution in [0.5, 0.6) is 5.75 Å². The van der Waals surface area contributed by atoms with E-state index in [-0.39, 0.29) is 43.1 Å². The van der Waals surface area contributed by atoms with Gasteiger partial charge in [0.2, 0.25) is 5.91 Å². The van der Waals surface area contributed by atoms with Crippen LogP contribution in [0.1, 0.15) is 78.1 Å². The van der Waals surface area contributed by atoms with Gasteiger partial charge in [-0.1, -0.05) is 19.8 Å². The van der Waals surface area contributed by atoms with E-state index in [0.717, 1.165) is 6.92 Å². The minimum atomic E-state index is -2.25. The molecule has 1 aromatic rings. The van der Waals surface area contributed by atoms with Crippen molar-refractivity contribution in [1.29, 1.82) is 0 Å². The van der Waals surface area contributed by atoms with Crippen molar-refractivity contribution in [3.8, 4) is 5.75 Å². The second-order valence-corrected chi connectivity index (χ2v) is 24.7. The van der Waals surface area contributed by atoms with Crippen LogP contribution in [0.3, 0.4) is 0 Å². The summed E-state index contributed by atoms with van der Waals surface area (Å²) in [6.45, 7) is -3.35. The molecule has 38 nitrogen and oxygen atoms in total. The van der Waals surface area contributed by atoms with Crippen molar-refractivity contribution >= 4 is 23.3 Å². The summed E-state index contributed by atoms with van der Waals surface area (Å²) in [6.07, 6.45) is -50.1. The van der Waals surface area contributed by atoms with Crippen molar-refractivity contribution in [2.24, 2.45) is 5.92 Å². The number of aliphatic hydroxyl groups excluding tert-OH is 18. The lowest BCUT2D eigenvalue weighted by atomic mass is 9.87. The van der Waals surface area contributed by atoms with E-state index < -0.39 is 247 Å². The highest BCUT2D eigenvalue weighted by atomic mass is 16.8. The first-order valence-corrected chi connectivity index (χ1v) is 32.1. The molecule has 1 amide bonds. The molecule has 6 fully saturated rings. The van der Waals surface area contributed by atoms with Crippen molar-refractivity contribution in [2.45, 2.75) is 262 Å². The summed E-state index contributed by atoms with van der Waals surface area (Å²) in [5.74, 6) is -2.09. The Bertz CT molecular complexity index is 2570. The number of carbonyl (C=O) groups excluding carboxylic acids is 3. The average molecular weight is 1410 g/mol. The molecule has 6 aliphatic heterocycles. The Morgan fingerprint density at radius 1 is 0.536 bits per heavy atom. The van der Waals surface area contributed by atoms with Gasteiger partial charge in [0.05, 0.1) is 56.8 Å². The summed E-state index contributed by atoms with van der Waals surface area (Å²) >= 11 is 0. The first-order valence-electron chi connectivity index (χ1n) is 32.1. The number of amides is 1. The molecule has 31 atom stereocenters. The van der Waals surface area contributed by atoms with Gasteiger partial charge in [-0.25, -0.2) is 0 Å². The summed E-state index contributed by atoms with van der Waals surface area (Å²) < 4.78 is 75.1. The van der Waals surface area contributed by atoms with Crippen LogP contribution >= 0.6 is 0 Å². The highest BCUT2D eigenvalue weighted by Crippen LogP contribution is 2.38. The number of hydrogen-bond acceptors (Lipinski definition) is 36. The van der Waals surface area contributed by atoms with Gasteiger partial charge in [0.25, 0.3) is 5.69 Å². The molecule has 38 heteroatoms. The van der Waals surface area contributed by atoms with Gasteiger partial charge in [0.15, 0.2) is 37.7 Å². The lowest BCUT2D eigenvalue weighted by molar-refractivity contribution is -0.390. The van der Waals surface area contributed by atoms with E-state index >= 15 is 0 Å². The number of nitro benzene ring substituents is 1. The van der Waals surface area contributed by atoms with E-state index in [1.807, 2.05) is 0 Å². The number of ketones is 1. The van der Waals surface area contributed by atoms with Gasteiger partial charge in [0.1, 0.15) is 146 Å². The number of ether oxygens (including phenoxy) is 13. The maximum atomic E-state index is 12.9. The Hall–Kier alpha value is -3.97. The lowest BCUT2D eigenvalue weighted by Gasteiger charge is -2.50. The van der Waals surface area contributed by atoms with Gasteiger partial charge >= 0.3 is 5.97 Å². The number of carbonyl (C=O) groups is 3. The van der Waals surface area contributed by atoms with E-state index in [4.69, 9.17) is 61.6 Å². The van der Waals surface area contributed by atoms with Gasteiger partial charge in [-0.3, -0.25) is 24.5 Å². The third kappa shape index (κ3) is 20.4. The molecule has 0 saturated carbocycles. The molecule has 97 heavy (non-hydrogen) atoms. The summed E-state index contributed by atoms with van der Waals surface area (Å²) in [7, 11) is 0. The van der Waals surface area contributed by atoms with E-state index in [1.54, 1.807) is 0 Å². The minimum Gasteiger partial charge on any atom is -0.427 e. The first kappa shape index (κ1) is 80.3. The van der Waals surface area contributed by atoms with Gasteiger partial charge in [0, 0.05) is 57.3 Å². The molecule has 0 spiro atoms. The number of benzene rings is 1. The molecule has 0 aliphatic carbocycles. The number of rotatable bonds is 34. The molecule has 0 bridgehead atoms. The number of hydrogen-bond donors (Lipinski definition) is 19. The Labute approximate surface area is 554 Å². The largest absolute Gasteiger partial charge is 0.427 e. The molecule has 11 unspecified atom stereocenters. The smallest absolute Gasteiger partial charge is 0.311 e. The maximum absolute atomic E-state index is 12.9. The molecule has 6 aliphatic rings. The Morgan fingerprint density at radius 2 is 0.979 bits per heavy atom. The van der Waals surface area contributed by atoms with Crippen molar-refractivity contribution in [1.82, 2.24) is 5.32 Å².